The number of aromatic nitrogens is 3. The van der Waals surface area contributed by atoms with Gasteiger partial charge in [-0.05, 0) is 31.0 Å². The number of rotatable bonds is 7. The topological polar surface area (TPSA) is 97.3 Å². The fourth-order valence-corrected chi connectivity index (χ4v) is 6.50. The van der Waals surface area contributed by atoms with E-state index in [0.717, 1.165) is 17.6 Å². The van der Waals surface area contributed by atoms with Crippen LogP contribution in [0.5, 0.6) is 0 Å². The molecule has 3 heterocycles. The Bertz CT molecular complexity index is 1190. The fourth-order valence-electron chi connectivity index (χ4n) is 3.35. The molecule has 0 aromatic carbocycles. The molecule has 0 aliphatic carbocycles. The number of alkyl halides is 3. The number of hydrogen-bond donors (Lipinski definition) is 1. The smallest absolute Gasteiger partial charge is 0.410 e. The molecule has 2 aromatic rings. The molecule has 0 spiro atoms. The van der Waals surface area contributed by atoms with Crippen molar-refractivity contribution in [3.63, 3.8) is 0 Å². The quantitative estimate of drug-likeness (QED) is 0.421. The Hall–Kier alpha value is -1.32. The number of nitrogens with zero attached hydrogens (tertiary/aromatic N) is 4. The Labute approximate surface area is 219 Å². The minimum absolute atomic E-state index is 0.0292. The molecule has 36 heavy (non-hydrogen) atoms. The van der Waals surface area contributed by atoms with E-state index in [1.807, 2.05) is 33.9 Å². The first-order valence-electron chi connectivity index (χ1n) is 11.3. The largest absolute Gasteiger partial charge is 0.434 e. The van der Waals surface area contributed by atoms with E-state index in [4.69, 9.17) is 16.0 Å². The lowest BCUT2D eigenvalue weighted by molar-refractivity contribution is -0.140. The molecular weight excluding hydrogens is 555 g/mol. The lowest BCUT2D eigenvalue weighted by Gasteiger charge is -2.35. The highest BCUT2D eigenvalue weighted by atomic mass is 35.5. The van der Waals surface area contributed by atoms with E-state index in [1.54, 1.807) is 0 Å². The average Bonchev–Trinajstić information content (AvgIpc) is 3.17. The summed E-state index contributed by atoms with van der Waals surface area (Å²) in [4.78, 5) is 12.1. The molecule has 0 bridgehead atoms. The number of sulfonamides is 1. The Kier molecular flexibility index (Phi) is 8.48. The van der Waals surface area contributed by atoms with Gasteiger partial charge in [-0.1, -0.05) is 32.4 Å². The molecule has 1 fully saturated rings. The van der Waals surface area contributed by atoms with Crippen molar-refractivity contribution in [2.45, 2.75) is 70.6 Å². The summed E-state index contributed by atoms with van der Waals surface area (Å²) in [5, 5.41) is 3.16. The third-order valence-electron chi connectivity index (χ3n) is 6.52. The molecule has 0 radical (unpaired) electrons. The number of thiazole rings is 1. The second-order valence-corrected chi connectivity index (χ2v) is 18.6. The van der Waals surface area contributed by atoms with Gasteiger partial charge in [-0.3, -0.25) is 0 Å². The first-order valence-corrected chi connectivity index (χ1v) is 17.3. The van der Waals surface area contributed by atoms with Gasteiger partial charge in [-0.15, -0.1) is 11.3 Å². The first-order chi connectivity index (χ1) is 16.4. The van der Waals surface area contributed by atoms with Gasteiger partial charge in [0, 0.05) is 19.1 Å². The second-order valence-electron chi connectivity index (χ2n) is 10.3. The van der Waals surface area contributed by atoms with E-state index in [-0.39, 0.29) is 44.2 Å². The molecule has 3 rings (SSSR count). The highest BCUT2D eigenvalue weighted by Gasteiger charge is 2.40. The van der Waals surface area contributed by atoms with Gasteiger partial charge < -0.3 is 9.74 Å². The van der Waals surface area contributed by atoms with Crippen molar-refractivity contribution in [2.24, 2.45) is 0 Å². The third-order valence-corrected chi connectivity index (χ3v) is 13.6. The molecule has 202 valence electrons. The van der Waals surface area contributed by atoms with Crippen molar-refractivity contribution in [1.82, 2.24) is 19.3 Å². The maximum atomic E-state index is 13.9. The van der Waals surface area contributed by atoms with Gasteiger partial charge >= 0.3 is 6.18 Å². The number of piperidine rings is 1. The van der Waals surface area contributed by atoms with Crippen LogP contribution in [0.4, 0.5) is 19.1 Å². The van der Waals surface area contributed by atoms with Crippen LogP contribution < -0.4 is 5.32 Å². The van der Waals surface area contributed by atoms with E-state index in [9.17, 15) is 21.6 Å². The maximum absolute atomic E-state index is 13.9. The highest BCUT2D eigenvalue weighted by molar-refractivity contribution is 7.88. The SMILES string of the molecule is CC(C)(C)[Si](C)(C)OCc1nc(C(F)(F)F)c(-c2nc(NC3CCN(S(C)(=O)=O)CC3)ncc2Cl)s1. The zero-order valence-corrected chi connectivity index (χ0v) is 24.4. The van der Waals surface area contributed by atoms with Crippen LogP contribution in [0.25, 0.3) is 10.6 Å². The zero-order valence-electron chi connectivity index (χ0n) is 21.0. The van der Waals surface area contributed by atoms with Crippen molar-refractivity contribution in [3.05, 3.63) is 21.9 Å². The minimum atomic E-state index is -4.71. The Morgan fingerprint density at radius 3 is 2.36 bits per heavy atom. The lowest BCUT2D eigenvalue weighted by Crippen LogP contribution is -2.42. The van der Waals surface area contributed by atoms with Crippen molar-refractivity contribution in [1.29, 1.82) is 0 Å². The normalized spacial score (nSPS) is 16.9. The van der Waals surface area contributed by atoms with Gasteiger partial charge in [0.05, 0.1) is 29.0 Å². The lowest BCUT2D eigenvalue weighted by atomic mass is 10.1. The molecule has 0 saturated carbocycles. The summed E-state index contributed by atoms with van der Waals surface area (Å²) in [6, 6.07) is -0.130. The predicted octanol–water partition coefficient (Wildman–Crippen LogP) is 5.63. The number of halogens is 4. The van der Waals surface area contributed by atoms with Gasteiger partial charge in [0.25, 0.3) is 0 Å². The summed E-state index contributed by atoms with van der Waals surface area (Å²) < 4.78 is 72.6. The number of hydrogen-bond acceptors (Lipinski definition) is 8. The van der Waals surface area contributed by atoms with Crippen LogP contribution in [0, 0.1) is 0 Å². The van der Waals surface area contributed by atoms with Crippen molar-refractivity contribution in [2.75, 3.05) is 24.7 Å². The van der Waals surface area contributed by atoms with E-state index >= 15 is 0 Å². The van der Waals surface area contributed by atoms with Crippen molar-refractivity contribution >= 4 is 47.2 Å². The van der Waals surface area contributed by atoms with Crippen molar-refractivity contribution in [3.8, 4) is 10.6 Å². The molecule has 2 aromatic heterocycles. The van der Waals surface area contributed by atoms with Crippen molar-refractivity contribution < 1.29 is 26.0 Å². The van der Waals surface area contributed by atoms with Gasteiger partial charge in [0.2, 0.25) is 16.0 Å². The Morgan fingerprint density at radius 1 is 1.22 bits per heavy atom. The molecule has 1 aliphatic rings. The van der Waals surface area contributed by atoms with Crippen LogP contribution in [-0.2, 0) is 27.2 Å². The van der Waals surface area contributed by atoms with E-state index in [0.29, 0.717) is 25.9 Å². The molecule has 1 saturated heterocycles. The Morgan fingerprint density at radius 2 is 1.83 bits per heavy atom. The summed E-state index contributed by atoms with van der Waals surface area (Å²) in [7, 11) is -5.47. The zero-order chi connectivity index (χ0) is 27.1. The summed E-state index contributed by atoms with van der Waals surface area (Å²) in [6.07, 6.45) is -1.27. The highest BCUT2D eigenvalue weighted by Crippen LogP contribution is 2.43. The van der Waals surface area contributed by atoms with Crippen LogP contribution in [0.2, 0.25) is 23.2 Å². The molecule has 0 unspecified atom stereocenters. The van der Waals surface area contributed by atoms with Gasteiger partial charge in [0.15, 0.2) is 14.0 Å². The van der Waals surface area contributed by atoms with Gasteiger partial charge in [0.1, 0.15) is 10.7 Å². The summed E-state index contributed by atoms with van der Waals surface area (Å²) in [5.74, 6) is 0.118. The Balaban J connectivity index is 1.85. The van der Waals surface area contributed by atoms with E-state index in [2.05, 4.69) is 20.3 Å². The van der Waals surface area contributed by atoms with Gasteiger partial charge in [-0.2, -0.15) is 13.2 Å². The molecule has 0 amide bonds. The number of nitrogens with one attached hydrogen (secondary N) is 1. The summed E-state index contributed by atoms with van der Waals surface area (Å²) in [6.45, 7) is 10.8. The summed E-state index contributed by atoms with van der Waals surface area (Å²) >= 11 is 7.10. The van der Waals surface area contributed by atoms with Crippen LogP contribution in [-0.4, -0.2) is 61.4 Å². The minimum Gasteiger partial charge on any atom is -0.410 e. The monoisotopic (exact) mass is 585 g/mol. The molecule has 15 heteroatoms. The van der Waals surface area contributed by atoms with Crippen LogP contribution in [0.1, 0.15) is 44.3 Å². The van der Waals surface area contributed by atoms with Crippen LogP contribution in [0.15, 0.2) is 6.20 Å². The van der Waals surface area contributed by atoms with Gasteiger partial charge in [-0.25, -0.2) is 27.7 Å². The molecular formula is C21H31ClF3N5O3S2Si. The van der Waals surface area contributed by atoms with E-state index in [1.165, 1.54) is 10.5 Å². The van der Waals surface area contributed by atoms with Crippen LogP contribution >= 0.6 is 22.9 Å². The average molecular weight is 586 g/mol. The standard InChI is InChI=1S/C21H31ClF3N5O3S2Si/c1-20(2,3)36(5,6)33-12-15-28-18(21(23,24)25)17(34-15)16-14(22)11-26-19(29-16)27-13-7-9-30(10-8-13)35(4,31)32/h11,13H,7-10,12H2,1-6H3,(H,26,27,29). The second kappa shape index (κ2) is 10.4. The van der Waals surface area contributed by atoms with Crippen LogP contribution in [0.3, 0.4) is 0 Å². The third kappa shape index (κ3) is 6.95. The molecule has 1 aliphatic heterocycles. The maximum Gasteiger partial charge on any atom is 0.434 e. The molecule has 0 atom stereocenters. The van der Waals surface area contributed by atoms with E-state index < -0.39 is 30.2 Å². The predicted molar refractivity (Wildman–Crippen MR) is 138 cm³/mol. The summed E-state index contributed by atoms with van der Waals surface area (Å²) in [5.41, 5.74) is -1.12. The molecule has 8 nitrogen and oxygen atoms in total. The molecule has 1 N–H and O–H groups in total. The first kappa shape index (κ1) is 29.2. The fraction of sp³-hybridized carbons (Fsp3) is 0.667. The number of anilines is 1.